The van der Waals surface area contributed by atoms with Gasteiger partial charge in [-0.25, -0.2) is 0 Å². The predicted octanol–water partition coefficient (Wildman–Crippen LogP) is 4.92. The summed E-state index contributed by atoms with van der Waals surface area (Å²) in [6.45, 7) is 2.79. The second kappa shape index (κ2) is 10.3. The quantitative estimate of drug-likeness (QED) is 0.517. The highest BCUT2D eigenvalue weighted by Crippen LogP contribution is 2.36. The molecule has 1 saturated carbocycles. The molecule has 2 N–H and O–H groups in total. The first-order chi connectivity index (χ1) is 17.5. The lowest BCUT2D eigenvalue weighted by Gasteiger charge is -2.33. The predicted molar refractivity (Wildman–Crippen MR) is 137 cm³/mol. The third-order valence-corrected chi connectivity index (χ3v) is 6.80. The number of hydrogen-bond donors (Lipinski definition) is 2. The van der Waals surface area contributed by atoms with Crippen molar-refractivity contribution in [1.29, 1.82) is 0 Å². The van der Waals surface area contributed by atoms with Gasteiger partial charge in [-0.05, 0) is 67.3 Å². The van der Waals surface area contributed by atoms with Crippen molar-refractivity contribution in [2.45, 2.75) is 44.7 Å². The number of carbonyl (C=O) groups is 2. The van der Waals surface area contributed by atoms with Gasteiger partial charge in [-0.1, -0.05) is 43.2 Å². The van der Waals surface area contributed by atoms with Gasteiger partial charge >= 0.3 is 0 Å². The molecule has 0 bridgehead atoms. The Hall–Kier alpha value is -4.00. The molecule has 3 aromatic rings. The van der Waals surface area contributed by atoms with Gasteiger partial charge in [0.05, 0.1) is 0 Å². The number of amides is 2. The van der Waals surface area contributed by atoms with E-state index in [0.29, 0.717) is 41.5 Å². The van der Waals surface area contributed by atoms with Crippen LogP contribution in [-0.2, 0) is 4.79 Å². The SMILES string of the molecule is Cc1ccccc1N(C(=O)c1ccc2c(c1)OCCO2)[C@@H](C(=O)NC1CCCC1)c1ccc(O)cc1. The summed E-state index contributed by atoms with van der Waals surface area (Å²) in [5.74, 6) is 0.611. The van der Waals surface area contributed by atoms with Crippen LogP contribution in [0.25, 0.3) is 0 Å². The Morgan fingerprint density at radius 2 is 1.64 bits per heavy atom. The van der Waals surface area contributed by atoms with Gasteiger partial charge in [0.15, 0.2) is 11.5 Å². The topological polar surface area (TPSA) is 88.1 Å². The van der Waals surface area contributed by atoms with E-state index in [0.717, 1.165) is 31.2 Å². The number of aryl methyl sites for hydroxylation is 1. The van der Waals surface area contributed by atoms with Crippen molar-refractivity contribution < 1.29 is 24.2 Å². The van der Waals surface area contributed by atoms with Crippen molar-refractivity contribution in [2.24, 2.45) is 0 Å². The molecule has 1 aliphatic carbocycles. The molecule has 0 radical (unpaired) electrons. The van der Waals surface area contributed by atoms with Crippen LogP contribution in [0.4, 0.5) is 5.69 Å². The van der Waals surface area contributed by atoms with Gasteiger partial charge in [-0.2, -0.15) is 0 Å². The number of nitrogens with zero attached hydrogens (tertiary/aromatic N) is 1. The maximum Gasteiger partial charge on any atom is 0.259 e. The lowest BCUT2D eigenvalue weighted by molar-refractivity contribution is -0.123. The van der Waals surface area contributed by atoms with Crippen molar-refractivity contribution in [3.63, 3.8) is 0 Å². The fourth-order valence-corrected chi connectivity index (χ4v) is 4.94. The van der Waals surface area contributed by atoms with Crippen molar-refractivity contribution in [3.05, 3.63) is 83.4 Å². The van der Waals surface area contributed by atoms with Gasteiger partial charge in [0, 0.05) is 17.3 Å². The van der Waals surface area contributed by atoms with Crippen LogP contribution in [0, 0.1) is 6.92 Å². The van der Waals surface area contributed by atoms with Gasteiger partial charge in [-0.3, -0.25) is 14.5 Å². The summed E-state index contributed by atoms with van der Waals surface area (Å²) < 4.78 is 11.3. The molecule has 1 aliphatic heterocycles. The van der Waals surface area contributed by atoms with Crippen molar-refractivity contribution in [1.82, 2.24) is 5.32 Å². The summed E-state index contributed by atoms with van der Waals surface area (Å²) in [5, 5.41) is 13.1. The van der Waals surface area contributed by atoms with E-state index in [1.807, 2.05) is 31.2 Å². The van der Waals surface area contributed by atoms with E-state index in [1.54, 1.807) is 35.2 Å². The standard InChI is InChI=1S/C29H30N2O5/c1-19-6-2-5-9-24(19)31(29(34)21-12-15-25-26(18-21)36-17-16-35-25)27(20-10-13-23(32)14-11-20)28(33)30-22-7-3-4-8-22/h2,5-6,9-15,18,22,27,32H,3-4,7-8,16-17H2,1H3,(H,30,33)/t27-/m1/s1. The number of rotatable bonds is 6. The lowest BCUT2D eigenvalue weighted by Crippen LogP contribution is -2.46. The van der Waals surface area contributed by atoms with Crippen molar-refractivity contribution >= 4 is 17.5 Å². The van der Waals surface area contributed by atoms with Crippen LogP contribution in [0.5, 0.6) is 17.2 Å². The third kappa shape index (κ3) is 4.87. The summed E-state index contributed by atoms with van der Waals surface area (Å²) in [5.41, 5.74) is 2.50. The number of para-hydroxylation sites is 1. The summed E-state index contributed by atoms with van der Waals surface area (Å²) in [4.78, 5) is 29.6. The second-order valence-corrected chi connectivity index (χ2v) is 9.30. The fraction of sp³-hybridized carbons (Fsp3) is 0.310. The lowest BCUT2D eigenvalue weighted by atomic mass is 9.99. The van der Waals surface area contributed by atoms with E-state index in [9.17, 15) is 14.7 Å². The van der Waals surface area contributed by atoms with Crippen LogP contribution in [0.1, 0.15) is 53.2 Å². The summed E-state index contributed by atoms with van der Waals surface area (Å²) >= 11 is 0. The van der Waals surface area contributed by atoms with Gasteiger partial charge in [0.25, 0.3) is 5.91 Å². The monoisotopic (exact) mass is 486 g/mol. The largest absolute Gasteiger partial charge is 0.508 e. The van der Waals surface area contributed by atoms with E-state index in [1.165, 1.54) is 12.1 Å². The number of anilines is 1. The summed E-state index contributed by atoms with van der Waals surface area (Å²) in [6, 6.07) is 18.2. The molecule has 186 valence electrons. The molecule has 0 unspecified atom stereocenters. The average molecular weight is 487 g/mol. The van der Waals surface area contributed by atoms with Crippen LogP contribution >= 0.6 is 0 Å². The zero-order chi connectivity index (χ0) is 25.1. The Morgan fingerprint density at radius 3 is 2.36 bits per heavy atom. The fourth-order valence-electron chi connectivity index (χ4n) is 4.94. The zero-order valence-electron chi connectivity index (χ0n) is 20.3. The normalized spacial score (nSPS) is 15.8. The first-order valence-electron chi connectivity index (χ1n) is 12.4. The summed E-state index contributed by atoms with van der Waals surface area (Å²) in [7, 11) is 0. The number of phenols is 1. The highest BCUT2D eigenvalue weighted by atomic mass is 16.6. The Balaban J connectivity index is 1.61. The molecule has 36 heavy (non-hydrogen) atoms. The molecule has 1 fully saturated rings. The molecule has 0 saturated heterocycles. The molecule has 2 aliphatic rings. The van der Waals surface area contributed by atoms with Gasteiger partial charge in [0.2, 0.25) is 5.91 Å². The van der Waals surface area contributed by atoms with E-state index in [2.05, 4.69) is 5.32 Å². The number of aromatic hydroxyl groups is 1. The molecule has 7 heteroatoms. The Bertz CT molecular complexity index is 1250. The smallest absolute Gasteiger partial charge is 0.259 e. The number of nitrogens with one attached hydrogen (secondary N) is 1. The van der Waals surface area contributed by atoms with Crippen LogP contribution < -0.4 is 19.7 Å². The number of fused-ring (bicyclic) bond motifs is 1. The maximum absolute atomic E-state index is 14.2. The molecule has 0 spiro atoms. The number of phenolic OH excluding ortho intramolecular Hbond substituents is 1. The number of benzene rings is 3. The van der Waals surface area contributed by atoms with E-state index in [-0.39, 0.29) is 23.6 Å². The van der Waals surface area contributed by atoms with Crippen molar-refractivity contribution in [3.8, 4) is 17.2 Å². The number of hydrogen-bond acceptors (Lipinski definition) is 5. The maximum atomic E-state index is 14.2. The van der Waals surface area contributed by atoms with Crippen LogP contribution in [0.15, 0.2) is 66.7 Å². The average Bonchev–Trinajstić information content (AvgIpc) is 3.41. The summed E-state index contributed by atoms with van der Waals surface area (Å²) in [6.07, 6.45) is 4.00. The highest BCUT2D eigenvalue weighted by Gasteiger charge is 2.36. The van der Waals surface area contributed by atoms with Crippen molar-refractivity contribution in [2.75, 3.05) is 18.1 Å². The minimum Gasteiger partial charge on any atom is -0.508 e. The molecule has 0 aromatic heterocycles. The van der Waals surface area contributed by atoms with Crippen LogP contribution in [-0.4, -0.2) is 36.2 Å². The minimum atomic E-state index is -0.937. The molecule has 7 nitrogen and oxygen atoms in total. The molecule has 1 atom stereocenters. The molecule has 2 amide bonds. The van der Waals surface area contributed by atoms with Gasteiger partial charge < -0.3 is 19.9 Å². The number of carbonyl (C=O) groups excluding carboxylic acids is 2. The van der Waals surface area contributed by atoms with Gasteiger partial charge in [0.1, 0.15) is 25.0 Å². The Morgan fingerprint density at radius 1 is 0.944 bits per heavy atom. The van der Waals surface area contributed by atoms with Gasteiger partial charge in [-0.15, -0.1) is 0 Å². The first-order valence-corrected chi connectivity index (χ1v) is 12.4. The molecule has 1 heterocycles. The Labute approximate surface area is 210 Å². The third-order valence-electron chi connectivity index (χ3n) is 6.80. The van der Waals surface area contributed by atoms with E-state index < -0.39 is 6.04 Å². The molecular weight excluding hydrogens is 456 g/mol. The number of ether oxygens (including phenoxy) is 2. The molecule has 5 rings (SSSR count). The van der Waals surface area contributed by atoms with E-state index >= 15 is 0 Å². The van der Waals surface area contributed by atoms with E-state index in [4.69, 9.17) is 9.47 Å². The Kier molecular flexibility index (Phi) is 6.80. The highest BCUT2D eigenvalue weighted by molar-refractivity contribution is 6.10. The second-order valence-electron chi connectivity index (χ2n) is 9.30. The van der Waals surface area contributed by atoms with Crippen LogP contribution in [0.2, 0.25) is 0 Å². The molecule has 3 aromatic carbocycles. The first kappa shape index (κ1) is 23.7. The van der Waals surface area contributed by atoms with Crippen LogP contribution in [0.3, 0.4) is 0 Å². The minimum absolute atomic E-state index is 0.0835. The molecular formula is C29H30N2O5. The zero-order valence-corrected chi connectivity index (χ0v) is 20.3.